The predicted octanol–water partition coefficient (Wildman–Crippen LogP) is 5.47. The molecule has 0 spiro atoms. The van der Waals surface area contributed by atoms with Gasteiger partial charge in [-0.25, -0.2) is 14.7 Å². The number of rotatable bonds is 8. The molecule has 6 rings (SSSR count). The summed E-state index contributed by atoms with van der Waals surface area (Å²) in [6.45, 7) is 11.8. The molecule has 4 heterocycles. The van der Waals surface area contributed by atoms with E-state index in [9.17, 15) is 24.3 Å². The van der Waals surface area contributed by atoms with Crippen molar-refractivity contribution >= 4 is 29.6 Å². The molecule has 302 valence electrons. The first-order valence-corrected chi connectivity index (χ1v) is 20.0. The van der Waals surface area contributed by atoms with Crippen molar-refractivity contribution in [3.05, 3.63) is 58.7 Å². The molecule has 4 aliphatic rings. The van der Waals surface area contributed by atoms with Crippen LogP contribution in [-0.2, 0) is 32.0 Å². The van der Waals surface area contributed by atoms with E-state index in [1.54, 1.807) is 11.9 Å². The van der Waals surface area contributed by atoms with E-state index >= 15 is 0 Å². The lowest BCUT2D eigenvalue weighted by Gasteiger charge is -2.40. The number of amides is 5. The van der Waals surface area contributed by atoms with E-state index in [0.29, 0.717) is 50.2 Å². The van der Waals surface area contributed by atoms with Crippen LogP contribution in [-0.4, -0.2) is 133 Å². The lowest BCUT2D eigenvalue weighted by molar-refractivity contribution is -0.170. The van der Waals surface area contributed by atoms with Crippen molar-refractivity contribution in [3.63, 3.8) is 0 Å². The van der Waals surface area contributed by atoms with Crippen molar-refractivity contribution in [1.29, 1.82) is 0 Å². The summed E-state index contributed by atoms with van der Waals surface area (Å²) >= 11 is 0. The lowest BCUT2D eigenvalue weighted by atomic mass is 9.78. The number of carbonyl (C=O) groups is 4. The Hall–Kier alpha value is -4.36. The minimum absolute atomic E-state index is 0.00508. The van der Waals surface area contributed by atoms with Crippen LogP contribution in [0.4, 0.5) is 15.3 Å². The van der Waals surface area contributed by atoms with Gasteiger partial charge < -0.3 is 29.9 Å². The Bertz CT molecular complexity index is 1610. The largest absolute Gasteiger partial charge is 0.507 e. The van der Waals surface area contributed by atoms with E-state index in [-0.39, 0.29) is 35.9 Å². The number of methoxy groups -OCH3 is 1. The second-order valence-corrected chi connectivity index (χ2v) is 15.8. The number of hydrogen-bond acceptors (Lipinski definition) is 8. The Morgan fingerprint density at radius 2 is 1.45 bits per heavy atom. The van der Waals surface area contributed by atoms with Crippen molar-refractivity contribution in [3.8, 4) is 5.75 Å². The number of aromatic hydroxyl groups is 1. The molecule has 0 radical (unpaired) electrons. The summed E-state index contributed by atoms with van der Waals surface area (Å²) in [6, 6.07) is 12.0. The normalized spacial score (nSPS) is 19.4. The minimum atomic E-state index is -0.286. The summed E-state index contributed by atoms with van der Waals surface area (Å²) < 4.78 is 4.75. The van der Waals surface area contributed by atoms with Crippen molar-refractivity contribution < 1.29 is 33.9 Å². The van der Waals surface area contributed by atoms with Crippen LogP contribution in [0.3, 0.4) is 0 Å². The van der Waals surface area contributed by atoms with Gasteiger partial charge in [0.2, 0.25) is 5.91 Å². The Morgan fingerprint density at radius 1 is 0.873 bits per heavy atom. The maximum Gasteiger partial charge on any atom is 0.409 e. The molecular formula is C42H62N6O7. The number of carbonyl (C=O) groups excluding carboxylic acids is 4. The van der Waals surface area contributed by atoms with E-state index in [4.69, 9.17) is 9.57 Å². The van der Waals surface area contributed by atoms with E-state index in [2.05, 4.69) is 21.2 Å². The van der Waals surface area contributed by atoms with Gasteiger partial charge in [0.05, 0.1) is 20.8 Å². The summed E-state index contributed by atoms with van der Waals surface area (Å²) in [6.07, 6.45) is 7.25. The number of phenolic OH excluding ortho intramolecular Hbond substituents is 1. The molecule has 2 aromatic carbocycles. The molecule has 13 heteroatoms. The highest BCUT2D eigenvalue weighted by molar-refractivity contribution is 5.91. The molecule has 13 nitrogen and oxygen atoms in total. The third-order valence-electron chi connectivity index (χ3n) is 12.1. The van der Waals surface area contributed by atoms with Crippen molar-refractivity contribution in [2.24, 2.45) is 17.8 Å². The number of hydrogen-bond donors (Lipinski definition) is 2. The fourth-order valence-corrected chi connectivity index (χ4v) is 8.71. The number of benzene rings is 2. The first kappa shape index (κ1) is 41.8. The molecule has 0 aliphatic carbocycles. The second kappa shape index (κ2) is 19.5. The molecule has 1 atom stereocenters. The van der Waals surface area contributed by atoms with Crippen molar-refractivity contribution in [2.75, 3.05) is 78.9 Å². The molecule has 2 N–H and O–H groups in total. The molecule has 0 unspecified atom stereocenters. The van der Waals surface area contributed by atoms with E-state index < -0.39 is 0 Å². The maximum absolute atomic E-state index is 13.1. The lowest BCUT2D eigenvalue weighted by Crippen LogP contribution is -2.50. The Balaban J connectivity index is 0.000000228. The number of anilines is 1. The third-order valence-corrected chi connectivity index (χ3v) is 12.1. The Labute approximate surface area is 326 Å². The zero-order chi connectivity index (χ0) is 39.6. The fourth-order valence-electron chi connectivity index (χ4n) is 8.71. The van der Waals surface area contributed by atoms with Crippen LogP contribution in [0.5, 0.6) is 5.75 Å². The average molecular weight is 763 g/mol. The number of likely N-dealkylation sites (N-methyl/N-ethyl adjacent to an activating group) is 1. The molecule has 3 saturated heterocycles. The maximum atomic E-state index is 13.1. The first-order valence-electron chi connectivity index (χ1n) is 20.0. The summed E-state index contributed by atoms with van der Waals surface area (Å²) in [7, 11) is 4.56. The standard InChI is InChI=1S/C26H41N3O4.C16H21N3O3/c1-18-14-21(15-19(2)25(18)31)16-20(3)26(32)29-12-8-23(9-13-29)22-6-10-28(11-7-22)17-24(30)27(4)33-5;1-22-16(21)18-9-7-13(8-10-18)19-11-6-12-4-2-3-5-14(12)17-15(19)20/h14-15,20,22-23,31H,6-13,16-17H2,1-5H3;2-5,13H,6-11H2,1H3,(H,17,20)/t20-;/m1./s1. The molecule has 5 amide bonds. The Kier molecular flexibility index (Phi) is 14.8. The predicted molar refractivity (Wildman–Crippen MR) is 212 cm³/mol. The number of likely N-dealkylation sites (tertiary alicyclic amines) is 3. The number of piperidine rings is 3. The SMILES string of the molecule is COC(=O)N1CCC(N2CCc3ccccc3NC2=O)CC1.CON(C)C(=O)CN1CCC(C2CCN(C(=O)[C@H](C)Cc3cc(C)c(O)c(C)c3)CC2)CC1. The molecule has 4 aliphatic heterocycles. The van der Waals surface area contributed by atoms with Crippen LogP contribution in [0.15, 0.2) is 36.4 Å². The summed E-state index contributed by atoms with van der Waals surface area (Å²) in [4.78, 5) is 62.0. The molecule has 55 heavy (non-hydrogen) atoms. The minimum Gasteiger partial charge on any atom is -0.507 e. The number of urea groups is 1. The highest BCUT2D eigenvalue weighted by Gasteiger charge is 2.34. The van der Waals surface area contributed by atoms with Crippen LogP contribution in [0.25, 0.3) is 0 Å². The van der Waals surface area contributed by atoms with Crippen LogP contribution >= 0.6 is 0 Å². The van der Waals surface area contributed by atoms with Gasteiger partial charge in [0, 0.05) is 57.4 Å². The number of ether oxygens (including phenoxy) is 1. The molecule has 0 saturated carbocycles. The summed E-state index contributed by atoms with van der Waals surface area (Å²) in [5.41, 5.74) is 4.92. The van der Waals surface area contributed by atoms with Gasteiger partial charge >= 0.3 is 12.1 Å². The number of fused-ring (bicyclic) bond motifs is 1. The number of aryl methyl sites for hydroxylation is 2. The summed E-state index contributed by atoms with van der Waals surface area (Å²) in [5, 5.41) is 14.3. The number of phenols is 1. The number of nitrogens with zero attached hydrogens (tertiary/aromatic N) is 5. The van der Waals surface area contributed by atoms with Gasteiger partial charge in [0.15, 0.2) is 0 Å². The van der Waals surface area contributed by atoms with Gasteiger partial charge in [-0.1, -0.05) is 37.3 Å². The molecule has 0 aromatic heterocycles. The second-order valence-electron chi connectivity index (χ2n) is 15.8. The fraction of sp³-hybridized carbons (Fsp3) is 0.619. The van der Waals surface area contributed by atoms with Gasteiger partial charge in [0.25, 0.3) is 5.91 Å². The first-order chi connectivity index (χ1) is 26.4. The van der Waals surface area contributed by atoms with Crippen LogP contribution in [0.2, 0.25) is 0 Å². The average Bonchev–Trinajstić information content (AvgIpc) is 3.37. The van der Waals surface area contributed by atoms with Crippen LogP contribution in [0.1, 0.15) is 67.7 Å². The Morgan fingerprint density at radius 3 is 2.05 bits per heavy atom. The van der Waals surface area contributed by atoms with Gasteiger partial charge in [-0.3, -0.25) is 19.3 Å². The quantitative estimate of drug-likeness (QED) is 0.339. The van der Waals surface area contributed by atoms with Gasteiger partial charge in [-0.15, -0.1) is 0 Å². The molecule has 3 fully saturated rings. The number of para-hydroxylation sites is 1. The number of hydroxylamine groups is 2. The van der Waals surface area contributed by atoms with Gasteiger partial charge in [-0.05, 0) is 118 Å². The van der Waals surface area contributed by atoms with Gasteiger partial charge in [-0.2, -0.15) is 0 Å². The number of nitrogens with one attached hydrogen (secondary N) is 1. The zero-order valence-electron chi connectivity index (χ0n) is 33.7. The third kappa shape index (κ3) is 10.9. The molecular weight excluding hydrogens is 700 g/mol. The smallest absolute Gasteiger partial charge is 0.409 e. The van der Waals surface area contributed by atoms with E-state index in [1.807, 2.05) is 56.0 Å². The van der Waals surface area contributed by atoms with Gasteiger partial charge in [0.1, 0.15) is 5.75 Å². The molecule has 0 bridgehead atoms. The summed E-state index contributed by atoms with van der Waals surface area (Å²) in [5.74, 6) is 1.89. The monoisotopic (exact) mass is 762 g/mol. The topological polar surface area (TPSA) is 135 Å². The van der Waals surface area contributed by atoms with Crippen molar-refractivity contribution in [1.82, 2.24) is 24.7 Å². The highest BCUT2D eigenvalue weighted by atomic mass is 16.7. The van der Waals surface area contributed by atoms with Crippen molar-refractivity contribution in [2.45, 2.75) is 78.2 Å². The zero-order valence-corrected chi connectivity index (χ0v) is 33.7. The van der Waals surface area contributed by atoms with Crippen LogP contribution in [0, 0.1) is 31.6 Å². The highest BCUT2D eigenvalue weighted by Crippen LogP contribution is 2.33. The van der Waals surface area contributed by atoms with Crippen LogP contribution < -0.4 is 5.32 Å². The van der Waals surface area contributed by atoms with E-state index in [1.165, 1.54) is 24.8 Å². The molecule has 2 aromatic rings. The van der Waals surface area contributed by atoms with E-state index in [0.717, 1.165) is 93.5 Å².